The molecule has 0 radical (unpaired) electrons. The standard InChI is InChI=1S/C19H19NO/c1-12-9-13(2)18(14(3)10-12)19(21)16-6-4-5-15-7-8-20-11-17(15)16/h4-11,19,21H,1-3H3. The maximum absolute atomic E-state index is 10.9. The summed E-state index contributed by atoms with van der Waals surface area (Å²) >= 11 is 0. The number of hydrogen-bond acceptors (Lipinski definition) is 2. The molecule has 0 saturated carbocycles. The second-order valence-corrected chi connectivity index (χ2v) is 5.66. The van der Waals surface area contributed by atoms with Gasteiger partial charge in [-0.2, -0.15) is 0 Å². The molecule has 2 nitrogen and oxygen atoms in total. The largest absolute Gasteiger partial charge is 0.384 e. The van der Waals surface area contributed by atoms with Crippen LogP contribution >= 0.6 is 0 Å². The molecule has 3 aromatic rings. The minimum Gasteiger partial charge on any atom is -0.384 e. The molecule has 0 fully saturated rings. The highest BCUT2D eigenvalue weighted by Crippen LogP contribution is 2.32. The Morgan fingerprint density at radius 3 is 2.43 bits per heavy atom. The van der Waals surface area contributed by atoms with E-state index in [9.17, 15) is 5.11 Å². The number of benzene rings is 2. The Bertz CT molecular complexity index is 779. The summed E-state index contributed by atoms with van der Waals surface area (Å²) < 4.78 is 0. The number of hydrogen-bond donors (Lipinski definition) is 1. The summed E-state index contributed by atoms with van der Waals surface area (Å²) in [6.07, 6.45) is 2.98. The minimum atomic E-state index is -0.626. The maximum atomic E-state index is 10.9. The van der Waals surface area contributed by atoms with Gasteiger partial charge in [0.05, 0.1) is 0 Å². The summed E-state index contributed by atoms with van der Waals surface area (Å²) in [7, 11) is 0. The number of aliphatic hydroxyl groups excluding tert-OH is 1. The first-order chi connectivity index (χ1) is 10.1. The third kappa shape index (κ3) is 2.43. The van der Waals surface area contributed by atoms with Gasteiger partial charge >= 0.3 is 0 Å². The Labute approximate surface area is 125 Å². The predicted molar refractivity (Wildman–Crippen MR) is 86.5 cm³/mol. The normalized spacial score (nSPS) is 12.6. The van der Waals surface area contributed by atoms with Gasteiger partial charge in [-0.05, 0) is 54.5 Å². The van der Waals surface area contributed by atoms with Crippen molar-refractivity contribution in [3.63, 3.8) is 0 Å². The first-order valence-electron chi connectivity index (χ1n) is 7.16. The van der Waals surface area contributed by atoms with E-state index in [1.54, 1.807) is 6.20 Å². The first kappa shape index (κ1) is 13.8. The summed E-state index contributed by atoms with van der Waals surface area (Å²) in [6.45, 7) is 6.20. The Balaban J connectivity index is 2.20. The Morgan fingerprint density at radius 1 is 1.00 bits per heavy atom. The van der Waals surface area contributed by atoms with Gasteiger partial charge < -0.3 is 5.11 Å². The van der Waals surface area contributed by atoms with E-state index in [0.29, 0.717) is 0 Å². The fourth-order valence-corrected chi connectivity index (χ4v) is 3.15. The van der Waals surface area contributed by atoms with Crippen molar-refractivity contribution in [2.75, 3.05) is 0 Å². The molecule has 0 spiro atoms. The third-order valence-corrected chi connectivity index (χ3v) is 4.02. The van der Waals surface area contributed by atoms with Crippen LogP contribution in [-0.2, 0) is 0 Å². The molecule has 1 unspecified atom stereocenters. The van der Waals surface area contributed by atoms with Crippen LogP contribution < -0.4 is 0 Å². The number of nitrogens with zero attached hydrogens (tertiary/aromatic N) is 1. The maximum Gasteiger partial charge on any atom is 0.105 e. The quantitative estimate of drug-likeness (QED) is 0.760. The fraction of sp³-hybridized carbons (Fsp3) is 0.211. The molecule has 0 bridgehead atoms. The van der Waals surface area contributed by atoms with E-state index >= 15 is 0 Å². The van der Waals surface area contributed by atoms with Crippen molar-refractivity contribution in [3.05, 3.63) is 76.6 Å². The Kier molecular flexibility index (Phi) is 3.48. The van der Waals surface area contributed by atoms with Crippen LogP contribution in [0.2, 0.25) is 0 Å². The van der Waals surface area contributed by atoms with E-state index in [1.807, 2.05) is 30.5 Å². The van der Waals surface area contributed by atoms with Gasteiger partial charge in [-0.15, -0.1) is 0 Å². The molecule has 0 aliphatic rings. The monoisotopic (exact) mass is 277 g/mol. The average molecular weight is 277 g/mol. The summed E-state index contributed by atoms with van der Waals surface area (Å²) in [6, 6.07) is 12.2. The van der Waals surface area contributed by atoms with Crippen molar-refractivity contribution < 1.29 is 5.11 Å². The second-order valence-electron chi connectivity index (χ2n) is 5.66. The molecule has 1 aromatic heterocycles. The first-order valence-corrected chi connectivity index (χ1v) is 7.16. The highest BCUT2D eigenvalue weighted by Gasteiger charge is 2.18. The predicted octanol–water partition coefficient (Wildman–Crippen LogP) is 4.24. The van der Waals surface area contributed by atoms with Crippen molar-refractivity contribution in [2.45, 2.75) is 26.9 Å². The number of pyridine rings is 1. The van der Waals surface area contributed by atoms with E-state index in [-0.39, 0.29) is 0 Å². The van der Waals surface area contributed by atoms with Crippen LogP contribution in [0.25, 0.3) is 10.8 Å². The van der Waals surface area contributed by atoms with Gasteiger partial charge in [0.1, 0.15) is 6.10 Å². The van der Waals surface area contributed by atoms with Crippen molar-refractivity contribution in [1.29, 1.82) is 0 Å². The number of aryl methyl sites for hydroxylation is 3. The molecule has 1 heterocycles. The van der Waals surface area contributed by atoms with Crippen LogP contribution in [0.4, 0.5) is 0 Å². The zero-order valence-corrected chi connectivity index (χ0v) is 12.6. The van der Waals surface area contributed by atoms with Crippen LogP contribution in [0.15, 0.2) is 48.8 Å². The van der Waals surface area contributed by atoms with E-state index in [4.69, 9.17) is 0 Å². The highest BCUT2D eigenvalue weighted by atomic mass is 16.3. The molecule has 3 rings (SSSR count). The number of aromatic nitrogens is 1. The molecule has 106 valence electrons. The van der Waals surface area contributed by atoms with Crippen LogP contribution in [0.5, 0.6) is 0 Å². The van der Waals surface area contributed by atoms with Gasteiger partial charge in [-0.25, -0.2) is 0 Å². The van der Waals surface area contributed by atoms with E-state index < -0.39 is 6.10 Å². The second kappa shape index (κ2) is 5.30. The molecule has 21 heavy (non-hydrogen) atoms. The lowest BCUT2D eigenvalue weighted by Crippen LogP contribution is -2.06. The van der Waals surface area contributed by atoms with Crippen LogP contribution in [0.3, 0.4) is 0 Å². The molecule has 2 heteroatoms. The van der Waals surface area contributed by atoms with Crippen molar-refractivity contribution in [3.8, 4) is 0 Å². The van der Waals surface area contributed by atoms with Crippen molar-refractivity contribution in [1.82, 2.24) is 4.98 Å². The van der Waals surface area contributed by atoms with E-state index in [2.05, 4.69) is 37.9 Å². The van der Waals surface area contributed by atoms with E-state index in [1.165, 1.54) is 5.56 Å². The summed E-state index contributed by atoms with van der Waals surface area (Å²) in [5.74, 6) is 0. The lowest BCUT2D eigenvalue weighted by atomic mass is 9.90. The number of aliphatic hydroxyl groups is 1. The average Bonchev–Trinajstić information content (AvgIpc) is 2.45. The molecular weight excluding hydrogens is 258 g/mol. The van der Waals surface area contributed by atoms with Crippen LogP contribution in [0, 0.1) is 20.8 Å². The van der Waals surface area contributed by atoms with Gasteiger partial charge in [-0.3, -0.25) is 4.98 Å². The highest BCUT2D eigenvalue weighted by molar-refractivity contribution is 5.85. The lowest BCUT2D eigenvalue weighted by Gasteiger charge is -2.19. The number of rotatable bonds is 2. The molecule has 0 amide bonds. The van der Waals surface area contributed by atoms with Crippen LogP contribution in [-0.4, -0.2) is 10.1 Å². The topological polar surface area (TPSA) is 33.1 Å². The summed E-state index contributed by atoms with van der Waals surface area (Å²) in [5, 5.41) is 13.0. The molecular formula is C19H19NO. The lowest BCUT2D eigenvalue weighted by molar-refractivity contribution is 0.220. The zero-order valence-electron chi connectivity index (χ0n) is 12.6. The van der Waals surface area contributed by atoms with Gasteiger partial charge in [0.15, 0.2) is 0 Å². The molecule has 0 saturated heterocycles. The zero-order chi connectivity index (χ0) is 15.0. The van der Waals surface area contributed by atoms with Gasteiger partial charge in [0.25, 0.3) is 0 Å². The SMILES string of the molecule is Cc1cc(C)c(C(O)c2cccc3ccncc23)c(C)c1. The molecule has 1 atom stereocenters. The molecule has 0 aliphatic heterocycles. The van der Waals surface area contributed by atoms with E-state index in [0.717, 1.165) is 33.0 Å². The van der Waals surface area contributed by atoms with Gasteiger partial charge in [-0.1, -0.05) is 35.9 Å². The smallest absolute Gasteiger partial charge is 0.105 e. The molecule has 1 N–H and O–H groups in total. The van der Waals surface area contributed by atoms with Gasteiger partial charge in [0.2, 0.25) is 0 Å². The van der Waals surface area contributed by atoms with Crippen molar-refractivity contribution >= 4 is 10.8 Å². The van der Waals surface area contributed by atoms with Gasteiger partial charge in [0, 0.05) is 17.8 Å². The molecule has 0 aliphatic carbocycles. The minimum absolute atomic E-state index is 0.626. The number of fused-ring (bicyclic) bond motifs is 1. The third-order valence-electron chi connectivity index (χ3n) is 4.02. The van der Waals surface area contributed by atoms with Crippen LogP contribution in [0.1, 0.15) is 33.9 Å². The molecule has 2 aromatic carbocycles. The Morgan fingerprint density at radius 2 is 1.71 bits per heavy atom. The summed E-state index contributed by atoms with van der Waals surface area (Å²) in [5.41, 5.74) is 5.38. The fourth-order valence-electron chi connectivity index (χ4n) is 3.15. The summed E-state index contributed by atoms with van der Waals surface area (Å²) in [4.78, 5) is 4.20. The van der Waals surface area contributed by atoms with Crippen molar-refractivity contribution in [2.24, 2.45) is 0 Å². The Hall–Kier alpha value is -2.19.